The largest absolute Gasteiger partial charge is 0.487 e. The number of aliphatic hydroxyl groups is 1. The molecule has 0 aliphatic carbocycles. The molecule has 114 valence electrons. The zero-order valence-electron chi connectivity index (χ0n) is 12.4. The first-order chi connectivity index (χ1) is 10.7. The molecule has 3 rings (SSSR count). The molecule has 3 aromatic rings. The Morgan fingerprint density at radius 2 is 2.05 bits per heavy atom. The maximum Gasteiger partial charge on any atom is 0.212 e. The lowest BCUT2D eigenvalue weighted by Crippen LogP contribution is -2.08. The molecule has 0 saturated carbocycles. The van der Waals surface area contributed by atoms with Gasteiger partial charge in [-0.1, -0.05) is 23.4 Å². The van der Waals surface area contributed by atoms with E-state index in [9.17, 15) is 5.11 Å². The van der Waals surface area contributed by atoms with Gasteiger partial charge in [0.1, 0.15) is 23.7 Å². The molecule has 0 bridgehead atoms. The molecule has 0 aliphatic rings. The van der Waals surface area contributed by atoms with Crippen LogP contribution < -0.4 is 4.74 Å². The minimum atomic E-state index is -0.184. The van der Waals surface area contributed by atoms with E-state index in [0.717, 1.165) is 16.9 Å². The van der Waals surface area contributed by atoms with Gasteiger partial charge in [0, 0.05) is 11.6 Å². The maximum atomic E-state index is 9.45. The van der Waals surface area contributed by atoms with Crippen LogP contribution in [0, 0.1) is 13.8 Å². The number of aryl methyl sites for hydroxylation is 2. The third-order valence-electron chi connectivity index (χ3n) is 3.36. The molecule has 1 aromatic carbocycles. The molecule has 1 N–H and O–H groups in total. The summed E-state index contributed by atoms with van der Waals surface area (Å²) in [5.74, 6) is 0.846. The molecule has 7 heteroatoms. The number of rotatable bonds is 5. The fourth-order valence-corrected chi connectivity index (χ4v) is 2.85. The van der Waals surface area contributed by atoms with Gasteiger partial charge in [-0.15, -0.1) is 16.4 Å². The summed E-state index contributed by atoms with van der Waals surface area (Å²) in [6.07, 6.45) is 1.70. The van der Waals surface area contributed by atoms with Crippen molar-refractivity contribution in [3.8, 4) is 10.9 Å². The summed E-state index contributed by atoms with van der Waals surface area (Å²) in [6.45, 7) is 4.10. The number of aliphatic hydroxyl groups excluding tert-OH is 1. The monoisotopic (exact) mass is 316 g/mol. The number of para-hydroxylation sites is 1. The molecule has 0 spiro atoms. The van der Waals surface area contributed by atoms with Gasteiger partial charge < -0.3 is 9.84 Å². The average Bonchev–Trinajstić information content (AvgIpc) is 3.15. The third-order valence-corrected chi connectivity index (χ3v) is 4.10. The predicted molar refractivity (Wildman–Crippen MR) is 83.2 cm³/mol. The van der Waals surface area contributed by atoms with Crippen LogP contribution in [-0.2, 0) is 13.2 Å². The van der Waals surface area contributed by atoms with Crippen molar-refractivity contribution in [3.63, 3.8) is 0 Å². The summed E-state index contributed by atoms with van der Waals surface area (Å²) in [4.78, 5) is 4.23. The Hall–Kier alpha value is -2.25. The van der Waals surface area contributed by atoms with E-state index in [1.54, 1.807) is 10.9 Å². The van der Waals surface area contributed by atoms with Gasteiger partial charge in [-0.25, -0.2) is 4.98 Å². The first kappa shape index (κ1) is 14.7. The quantitative estimate of drug-likeness (QED) is 0.782. The van der Waals surface area contributed by atoms with Crippen LogP contribution >= 0.6 is 11.3 Å². The Morgan fingerprint density at radius 3 is 2.68 bits per heavy atom. The van der Waals surface area contributed by atoms with Crippen LogP contribution in [0.4, 0.5) is 0 Å². The Balaban J connectivity index is 1.90. The minimum Gasteiger partial charge on any atom is -0.487 e. The van der Waals surface area contributed by atoms with E-state index in [-0.39, 0.29) is 13.2 Å². The van der Waals surface area contributed by atoms with E-state index in [2.05, 4.69) is 15.3 Å². The van der Waals surface area contributed by atoms with Crippen LogP contribution in [0.3, 0.4) is 0 Å². The number of hydrogen-bond donors (Lipinski definition) is 1. The normalized spacial score (nSPS) is 10.9. The Labute approximate surface area is 132 Å². The summed E-state index contributed by atoms with van der Waals surface area (Å²) in [7, 11) is 0. The van der Waals surface area contributed by atoms with Crippen molar-refractivity contribution in [2.75, 3.05) is 0 Å². The molecular weight excluding hydrogens is 300 g/mol. The molecule has 0 unspecified atom stereocenters. The average molecular weight is 316 g/mol. The highest BCUT2D eigenvalue weighted by atomic mass is 32.1. The standard InChI is InChI=1S/C15H16N4O2S/c1-10-4-3-5-11(2)14(10)21-9-13-12(8-20)17-18-19(13)15-16-6-7-22-15/h3-7,20H,8-9H2,1-2H3. The predicted octanol–water partition coefficient (Wildman–Crippen LogP) is 2.41. The lowest BCUT2D eigenvalue weighted by atomic mass is 10.1. The lowest BCUT2D eigenvalue weighted by molar-refractivity contribution is 0.262. The van der Waals surface area contributed by atoms with Crippen LogP contribution in [0.2, 0.25) is 0 Å². The zero-order chi connectivity index (χ0) is 15.5. The summed E-state index contributed by atoms with van der Waals surface area (Å²) in [5, 5.41) is 20.1. The van der Waals surface area contributed by atoms with Crippen molar-refractivity contribution in [2.45, 2.75) is 27.1 Å². The van der Waals surface area contributed by atoms with E-state index in [4.69, 9.17) is 4.74 Å². The molecule has 0 atom stereocenters. The van der Waals surface area contributed by atoms with Crippen molar-refractivity contribution in [1.29, 1.82) is 0 Å². The van der Waals surface area contributed by atoms with E-state index in [1.807, 2.05) is 37.4 Å². The molecule has 22 heavy (non-hydrogen) atoms. The summed E-state index contributed by atoms with van der Waals surface area (Å²) >= 11 is 1.45. The molecule has 0 amide bonds. The van der Waals surface area contributed by atoms with Crippen molar-refractivity contribution in [3.05, 3.63) is 52.3 Å². The minimum absolute atomic E-state index is 0.184. The topological polar surface area (TPSA) is 73.1 Å². The number of benzene rings is 1. The molecule has 2 aromatic heterocycles. The Morgan fingerprint density at radius 1 is 1.27 bits per heavy atom. The van der Waals surface area contributed by atoms with Gasteiger partial charge in [0.2, 0.25) is 5.13 Å². The molecule has 0 saturated heterocycles. The fourth-order valence-electron chi connectivity index (χ4n) is 2.24. The number of thiazole rings is 1. The highest BCUT2D eigenvalue weighted by Crippen LogP contribution is 2.24. The van der Waals surface area contributed by atoms with Crippen molar-refractivity contribution < 1.29 is 9.84 Å². The molecule has 0 radical (unpaired) electrons. The van der Waals surface area contributed by atoms with E-state index < -0.39 is 0 Å². The van der Waals surface area contributed by atoms with Crippen molar-refractivity contribution in [2.24, 2.45) is 0 Å². The van der Waals surface area contributed by atoms with Gasteiger partial charge in [0.05, 0.1) is 6.61 Å². The van der Waals surface area contributed by atoms with E-state index in [1.165, 1.54) is 11.3 Å². The maximum absolute atomic E-state index is 9.45. The van der Waals surface area contributed by atoms with Crippen LogP contribution in [0.1, 0.15) is 22.5 Å². The van der Waals surface area contributed by atoms with Crippen LogP contribution in [0.25, 0.3) is 5.13 Å². The third kappa shape index (κ3) is 2.72. The van der Waals surface area contributed by atoms with Gasteiger partial charge in [-0.05, 0) is 25.0 Å². The van der Waals surface area contributed by atoms with E-state index in [0.29, 0.717) is 16.5 Å². The Kier molecular flexibility index (Phi) is 4.17. The highest BCUT2D eigenvalue weighted by Gasteiger charge is 2.16. The smallest absolute Gasteiger partial charge is 0.212 e. The summed E-state index contributed by atoms with van der Waals surface area (Å²) in [6, 6.07) is 6.01. The van der Waals surface area contributed by atoms with Gasteiger partial charge in [-0.3, -0.25) is 0 Å². The van der Waals surface area contributed by atoms with Crippen molar-refractivity contribution >= 4 is 11.3 Å². The molecule has 0 aliphatic heterocycles. The van der Waals surface area contributed by atoms with Crippen LogP contribution in [0.5, 0.6) is 5.75 Å². The van der Waals surface area contributed by atoms with Crippen LogP contribution in [0.15, 0.2) is 29.8 Å². The van der Waals surface area contributed by atoms with Gasteiger partial charge >= 0.3 is 0 Å². The summed E-state index contributed by atoms with van der Waals surface area (Å²) < 4.78 is 7.57. The van der Waals surface area contributed by atoms with Crippen LogP contribution in [-0.4, -0.2) is 25.1 Å². The molecule has 6 nitrogen and oxygen atoms in total. The summed E-state index contributed by atoms with van der Waals surface area (Å²) in [5.41, 5.74) is 3.35. The number of nitrogens with zero attached hydrogens (tertiary/aromatic N) is 4. The number of ether oxygens (including phenoxy) is 1. The molecule has 2 heterocycles. The van der Waals surface area contributed by atoms with Crippen molar-refractivity contribution in [1.82, 2.24) is 20.0 Å². The SMILES string of the molecule is Cc1cccc(C)c1OCc1c(CO)nnn1-c1nccs1. The zero-order valence-corrected chi connectivity index (χ0v) is 13.2. The second-order valence-electron chi connectivity index (χ2n) is 4.88. The second kappa shape index (κ2) is 6.25. The Bertz CT molecular complexity index is 748. The molecular formula is C15H16N4O2S. The van der Waals surface area contributed by atoms with Gasteiger partial charge in [0.15, 0.2) is 0 Å². The molecule has 0 fully saturated rings. The first-order valence-electron chi connectivity index (χ1n) is 6.84. The van der Waals surface area contributed by atoms with Gasteiger partial charge in [-0.2, -0.15) is 4.68 Å². The lowest BCUT2D eigenvalue weighted by Gasteiger charge is -2.12. The fraction of sp³-hybridized carbons (Fsp3) is 0.267. The number of hydrogen-bond acceptors (Lipinski definition) is 6. The highest BCUT2D eigenvalue weighted by molar-refractivity contribution is 7.12. The number of aromatic nitrogens is 4. The van der Waals surface area contributed by atoms with E-state index >= 15 is 0 Å². The van der Waals surface area contributed by atoms with Gasteiger partial charge in [0.25, 0.3) is 0 Å². The first-order valence-corrected chi connectivity index (χ1v) is 7.72. The second-order valence-corrected chi connectivity index (χ2v) is 5.75.